The van der Waals surface area contributed by atoms with E-state index in [4.69, 9.17) is 4.74 Å². The molecule has 3 heteroatoms. The molecule has 0 radical (unpaired) electrons. The molecule has 0 saturated heterocycles. The Hall–Kier alpha value is -2.29. The van der Waals surface area contributed by atoms with Gasteiger partial charge in [-0.25, -0.2) is 0 Å². The molecule has 2 aromatic rings. The molecule has 0 amide bonds. The first-order valence-electron chi connectivity index (χ1n) is 10.3. The molecule has 2 rings (SSSR count). The number of esters is 1. The summed E-state index contributed by atoms with van der Waals surface area (Å²) in [6, 6.07) is 17.9. The Kier molecular flexibility index (Phi) is 7.68. The summed E-state index contributed by atoms with van der Waals surface area (Å²) < 4.78 is 5.66. The van der Waals surface area contributed by atoms with Crippen LogP contribution in [0.3, 0.4) is 0 Å². The first-order valence-corrected chi connectivity index (χ1v) is 10.3. The molecule has 1 N–H and O–H groups in total. The summed E-state index contributed by atoms with van der Waals surface area (Å²) >= 11 is 0. The topological polar surface area (TPSA) is 46.5 Å². The Morgan fingerprint density at radius 3 is 2.11 bits per heavy atom. The third-order valence-corrected chi connectivity index (χ3v) is 5.17. The monoisotopic (exact) mass is 382 g/mol. The van der Waals surface area contributed by atoms with Crippen LogP contribution in [0.25, 0.3) is 0 Å². The summed E-state index contributed by atoms with van der Waals surface area (Å²) in [5.41, 5.74) is 1.99. The highest BCUT2D eigenvalue weighted by Crippen LogP contribution is 2.36. The predicted molar refractivity (Wildman–Crippen MR) is 115 cm³/mol. The normalized spacial score (nSPS) is 14.9. The Balaban J connectivity index is 2.19. The van der Waals surface area contributed by atoms with Crippen LogP contribution < -0.4 is 0 Å². The maximum Gasteiger partial charge on any atom is 0.309 e. The molecule has 0 aromatic heterocycles. The van der Waals surface area contributed by atoms with E-state index in [0.717, 1.165) is 19.3 Å². The predicted octanol–water partition coefficient (Wildman–Crippen LogP) is 6.43. The van der Waals surface area contributed by atoms with E-state index in [1.807, 2.05) is 39.0 Å². The van der Waals surface area contributed by atoms with Crippen molar-refractivity contribution in [3.8, 4) is 5.75 Å². The lowest BCUT2D eigenvalue weighted by Gasteiger charge is -2.28. The quantitative estimate of drug-likeness (QED) is 0.535. The van der Waals surface area contributed by atoms with Gasteiger partial charge >= 0.3 is 5.97 Å². The van der Waals surface area contributed by atoms with Gasteiger partial charge in [-0.15, -0.1) is 0 Å². The standard InChI is InChI=1S/C25H34O3/c1-6-19(24(27)28-25(3,4)5)17-22(21-10-8-7-9-11-21)16-18(2)20-12-14-23(26)15-13-20/h7-15,18-19,22,26H,6,16-17H2,1-5H3. The largest absolute Gasteiger partial charge is 0.508 e. The second-order valence-corrected chi connectivity index (χ2v) is 8.71. The van der Waals surface area contributed by atoms with Crippen LogP contribution >= 0.6 is 0 Å². The second kappa shape index (κ2) is 9.77. The lowest BCUT2D eigenvalue weighted by molar-refractivity contribution is -0.160. The van der Waals surface area contributed by atoms with E-state index in [2.05, 4.69) is 38.1 Å². The summed E-state index contributed by atoms with van der Waals surface area (Å²) in [4.78, 5) is 12.7. The second-order valence-electron chi connectivity index (χ2n) is 8.71. The molecule has 28 heavy (non-hydrogen) atoms. The van der Waals surface area contributed by atoms with Gasteiger partial charge in [-0.3, -0.25) is 4.79 Å². The number of phenolic OH excluding ortho intramolecular Hbond substituents is 1. The number of carbonyl (C=O) groups is 1. The zero-order chi connectivity index (χ0) is 20.7. The van der Waals surface area contributed by atoms with Crippen LogP contribution in [0.4, 0.5) is 0 Å². The third-order valence-electron chi connectivity index (χ3n) is 5.17. The SMILES string of the molecule is CCC(CC(CC(C)c1ccc(O)cc1)c1ccccc1)C(=O)OC(C)(C)C. The Labute approximate surface area is 169 Å². The fraction of sp³-hybridized carbons (Fsp3) is 0.480. The molecular formula is C25H34O3. The number of benzene rings is 2. The van der Waals surface area contributed by atoms with Gasteiger partial charge in [-0.05, 0) is 75.1 Å². The van der Waals surface area contributed by atoms with E-state index in [-0.39, 0.29) is 23.6 Å². The van der Waals surface area contributed by atoms with Crippen molar-refractivity contribution < 1.29 is 14.6 Å². The van der Waals surface area contributed by atoms with E-state index in [9.17, 15) is 9.90 Å². The van der Waals surface area contributed by atoms with Crippen LogP contribution in [0.5, 0.6) is 5.75 Å². The van der Waals surface area contributed by atoms with E-state index in [1.54, 1.807) is 12.1 Å². The van der Waals surface area contributed by atoms with Crippen LogP contribution in [0.2, 0.25) is 0 Å². The van der Waals surface area contributed by atoms with Gasteiger partial charge in [0.2, 0.25) is 0 Å². The summed E-state index contributed by atoms with van der Waals surface area (Å²) in [5, 5.41) is 9.55. The van der Waals surface area contributed by atoms with Gasteiger partial charge < -0.3 is 9.84 Å². The molecule has 0 saturated carbocycles. The van der Waals surface area contributed by atoms with Gasteiger partial charge in [0, 0.05) is 0 Å². The highest BCUT2D eigenvalue weighted by atomic mass is 16.6. The van der Waals surface area contributed by atoms with E-state index < -0.39 is 5.60 Å². The van der Waals surface area contributed by atoms with E-state index in [1.165, 1.54) is 11.1 Å². The zero-order valence-corrected chi connectivity index (χ0v) is 17.8. The van der Waals surface area contributed by atoms with E-state index in [0.29, 0.717) is 5.92 Å². The van der Waals surface area contributed by atoms with Crippen molar-refractivity contribution in [1.82, 2.24) is 0 Å². The molecule has 0 spiro atoms. The van der Waals surface area contributed by atoms with E-state index >= 15 is 0 Å². The summed E-state index contributed by atoms with van der Waals surface area (Å²) in [7, 11) is 0. The molecule has 152 valence electrons. The van der Waals surface area contributed by atoms with Crippen molar-refractivity contribution in [2.45, 2.75) is 71.3 Å². The average molecular weight is 383 g/mol. The number of aromatic hydroxyl groups is 1. The number of carbonyl (C=O) groups excluding carboxylic acids is 1. The lowest BCUT2D eigenvalue weighted by atomic mass is 9.80. The minimum absolute atomic E-state index is 0.104. The van der Waals surface area contributed by atoms with Gasteiger partial charge in [-0.2, -0.15) is 0 Å². The molecular weight excluding hydrogens is 348 g/mol. The van der Waals surface area contributed by atoms with Crippen molar-refractivity contribution >= 4 is 5.97 Å². The molecule has 0 heterocycles. The number of ether oxygens (including phenoxy) is 1. The molecule has 2 aromatic carbocycles. The average Bonchev–Trinajstić information content (AvgIpc) is 2.64. The Bertz CT molecular complexity index is 729. The molecule has 3 unspecified atom stereocenters. The fourth-order valence-corrected chi connectivity index (χ4v) is 3.62. The van der Waals surface area contributed by atoms with Crippen LogP contribution in [0, 0.1) is 5.92 Å². The molecule has 0 bridgehead atoms. The first-order chi connectivity index (χ1) is 13.2. The molecule has 0 aliphatic heterocycles. The first kappa shape index (κ1) is 22.0. The van der Waals surface area contributed by atoms with Crippen molar-refractivity contribution in [2.75, 3.05) is 0 Å². The van der Waals surface area contributed by atoms with Gasteiger partial charge in [0.25, 0.3) is 0 Å². The maximum absolute atomic E-state index is 12.7. The Morgan fingerprint density at radius 2 is 1.57 bits per heavy atom. The van der Waals surface area contributed by atoms with Crippen molar-refractivity contribution in [2.24, 2.45) is 5.92 Å². The van der Waals surface area contributed by atoms with Gasteiger partial charge in [-0.1, -0.05) is 56.3 Å². The number of rotatable bonds is 8. The third kappa shape index (κ3) is 6.70. The number of phenols is 1. The van der Waals surface area contributed by atoms with Gasteiger partial charge in [0.05, 0.1) is 5.92 Å². The summed E-state index contributed by atoms with van der Waals surface area (Å²) in [5.74, 6) is 0.653. The minimum Gasteiger partial charge on any atom is -0.508 e. The zero-order valence-electron chi connectivity index (χ0n) is 17.8. The van der Waals surface area contributed by atoms with Gasteiger partial charge in [0.1, 0.15) is 11.4 Å². The molecule has 3 atom stereocenters. The Morgan fingerprint density at radius 1 is 0.964 bits per heavy atom. The minimum atomic E-state index is -0.466. The fourth-order valence-electron chi connectivity index (χ4n) is 3.62. The van der Waals surface area contributed by atoms with Crippen molar-refractivity contribution in [1.29, 1.82) is 0 Å². The van der Waals surface area contributed by atoms with Crippen LogP contribution in [-0.4, -0.2) is 16.7 Å². The summed E-state index contributed by atoms with van der Waals surface area (Å²) in [6.07, 6.45) is 2.48. The smallest absolute Gasteiger partial charge is 0.309 e. The molecule has 0 aliphatic rings. The molecule has 0 fully saturated rings. The van der Waals surface area contributed by atoms with Crippen LogP contribution in [0.1, 0.15) is 76.8 Å². The lowest BCUT2D eigenvalue weighted by Crippen LogP contribution is -2.29. The summed E-state index contributed by atoms with van der Waals surface area (Å²) in [6.45, 7) is 10.0. The highest BCUT2D eigenvalue weighted by molar-refractivity contribution is 5.73. The van der Waals surface area contributed by atoms with Gasteiger partial charge in [0.15, 0.2) is 0 Å². The van der Waals surface area contributed by atoms with Crippen molar-refractivity contribution in [3.05, 3.63) is 65.7 Å². The highest BCUT2D eigenvalue weighted by Gasteiger charge is 2.28. The number of hydrogen-bond donors (Lipinski definition) is 1. The van der Waals surface area contributed by atoms with Crippen LogP contribution in [-0.2, 0) is 9.53 Å². The van der Waals surface area contributed by atoms with Crippen LogP contribution in [0.15, 0.2) is 54.6 Å². The maximum atomic E-state index is 12.7. The van der Waals surface area contributed by atoms with Crippen molar-refractivity contribution in [3.63, 3.8) is 0 Å². The molecule has 0 aliphatic carbocycles. The molecule has 3 nitrogen and oxygen atoms in total. The number of hydrogen-bond acceptors (Lipinski definition) is 3.